The molecular formula is C10H16N4O3. The standard InChI is InChI=1S/C10H16N4O3/c15-8-5-12-7(4-13-8)10(17)14-3-1-2-11-9(16)6-14/h7,12H,1-6H2,(H,11,16)(H,13,15). The van der Waals surface area contributed by atoms with Gasteiger partial charge in [0.25, 0.3) is 0 Å². The van der Waals surface area contributed by atoms with Crippen LogP contribution in [0.4, 0.5) is 0 Å². The summed E-state index contributed by atoms with van der Waals surface area (Å²) in [6.45, 7) is 1.72. The van der Waals surface area contributed by atoms with Crippen LogP contribution in [0.25, 0.3) is 0 Å². The third kappa shape index (κ3) is 2.94. The molecule has 2 fully saturated rings. The van der Waals surface area contributed by atoms with E-state index in [0.717, 1.165) is 6.42 Å². The summed E-state index contributed by atoms with van der Waals surface area (Å²) in [4.78, 5) is 35.9. The molecular weight excluding hydrogens is 224 g/mol. The van der Waals surface area contributed by atoms with E-state index in [2.05, 4.69) is 16.0 Å². The Morgan fingerprint density at radius 2 is 2.06 bits per heavy atom. The van der Waals surface area contributed by atoms with Crippen molar-refractivity contribution >= 4 is 17.7 Å². The highest BCUT2D eigenvalue weighted by molar-refractivity contribution is 5.90. The van der Waals surface area contributed by atoms with Gasteiger partial charge in [0.15, 0.2) is 0 Å². The third-order valence-electron chi connectivity index (χ3n) is 2.88. The Balaban J connectivity index is 1.93. The molecule has 94 valence electrons. The molecule has 0 radical (unpaired) electrons. The van der Waals surface area contributed by atoms with Crippen LogP contribution in [-0.2, 0) is 14.4 Å². The van der Waals surface area contributed by atoms with Gasteiger partial charge >= 0.3 is 0 Å². The minimum atomic E-state index is -0.418. The van der Waals surface area contributed by atoms with Gasteiger partial charge < -0.3 is 15.5 Å². The van der Waals surface area contributed by atoms with E-state index in [9.17, 15) is 14.4 Å². The first-order valence-corrected chi connectivity index (χ1v) is 5.72. The average Bonchev–Trinajstić information content (AvgIpc) is 2.54. The summed E-state index contributed by atoms with van der Waals surface area (Å²) in [6.07, 6.45) is 0.760. The van der Waals surface area contributed by atoms with Gasteiger partial charge in [-0.3, -0.25) is 19.7 Å². The minimum absolute atomic E-state index is 0.102. The van der Waals surface area contributed by atoms with E-state index in [1.807, 2.05) is 0 Å². The summed E-state index contributed by atoms with van der Waals surface area (Å²) in [5.74, 6) is -0.361. The number of nitrogens with one attached hydrogen (secondary N) is 3. The molecule has 2 aliphatic rings. The van der Waals surface area contributed by atoms with Crippen molar-refractivity contribution in [1.82, 2.24) is 20.9 Å². The van der Waals surface area contributed by atoms with Gasteiger partial charge in [0, 0.05) is 19.6 Å². The van der Waals surface area contributed by atoms with Crippen LogP contribution in [-0.4, -0.2) is 61.4 Å². The van der Waals surface area contributed by atoms with Crippen LogP contribution in [0.15, 0.2) is 0 Å². The third-order valence-corrected chi connectivity index (χ3v) is 2.88. The van der Waals surface area contributed by atoms with Crippen molar-refractivity contribution in [2.75, 3.05) is 32.7 Å². The number of carbonyl (C=O) groups is 3. The molecule has 3 N–H and O–H groups in total. The zero-order chi connectivity index (χ0) is 12.3. The van der Waals surface area contributed by atoms with Crippen LogP contribution in [0, 0.1) is 0 Å². The number of hydrogen-bond donors (Lipinski definition) is 3. The molecule has 3 amide bonds. The van der Waals surface area contributed by atoms with Crippen molar-refractivity contribution in [2.24, 2.45) is 0 Å². The summed E-state index contributed by atoms with van der Waals surface area (Å²) >= 11 is 0. The molecule has 0 saturated carbocycles. The van der Waals surface area contributed by atoms with Crippen molar-refractivity contribution in [1.29, 1.82) is 0 Å². The molecule has 2 heterocycles. The summed E-state index contributed by atoms with van der Waals surface area (Å²) in [6, 6.07) is -0.418. The fourth-order valence-electron chi connectivity index (χ4n) is 1.96. The normalized spacial score (nSPS) is 25.9. The second-order valence-corrected chi connectivity index (χ2v) is 4.20. The lowest BCUT2D eigenvalue weighted by atomic mass is 10.2. The van der Waals surface area contributed by atoms with E-state index in [1.165, 1.54) is 4.90 Å². The van der Waals surface area contributed by atoms with Gasteiger partial charge in [0.2, 0.25) is 17.7 Å². The Hall–Kier alpha value is -1.63. The molecule has 0 aromatic rings. The monoisotopic (exact) mass is 240 g/mol. The van der Waals surface area contributed by atoms with E-state index in [0.29, 0.717) is 13.1 Å². The molecule has 1 unspecified atom stereocenters. The second kappa shape index (κ2) is 5.13. The number of carbonyl (C=O) groups excluding carboxylic acids is 3. The lowest BCUT2D eigenvalue weighted by Gasteiger charge is -2.28. The zero-order valence-electron chi connectivity index (χ0n) is 9.49. The van der Waals surface area contributed by atoms with E-state index in [1.54, 1.807) is 0 Å². The Morgan fingerprint density at radius 3 is 2.76 bits per heavy atom. The van der Waals surface area contributed by atoms with E-state index < -0.39 is 6.04 Å². The van der Waals surface area contributed by atoms with Crippen molar-refractivity contribution in [3.05, 3.63) is 0 Å². The van der Waals surface area contributed by atoms with Gasteiger partial charge in [-0.05, 0) is 6.42 Å². The fraction of sp³-hybridized carbons (Fsp3) is 0.700. The summed E-state index contributed by atoms with van der Waals surface area (Å²) < 4.78 is 0. The predicted molar refractivity (Wildman–Crippen MR) is 59.0 cm³/mol. The van der Waals surface area contributed by atoms with Crippen molar-refractivity contribution in [3.63, 3.8) is 0 Å². The number of rotatable bonds is 1. The van der Waals surface area contributed by atoms with Gasteiger partial charge in [-0.1, -0.05) is 0 Å². The lowest BCUT2D eigenvalue weighted by Crippen LogP contribution is -2.59. The van der Waals surface area contributed by atoms with Gasteiger partial charge in [-0.2, -0.15) is 0 Å². The largest absolute Gasteiger partial charge is 0.354 e. The molecule has 2 rings (SSSR count). The molecule has 0 aromatic heterocycles. The van der Waals surface area contributed by atoms with Crippen molar-refractivity contribution in [3.8, 4) is 0 Å². The molecule has 0 aliphatic carbocycles. The topological polar surface area (TPSA) is 90.5 Å². The van der Waals surface area contributed by atoms with Gasteiger partial charge in [0.1, 0.15) is 6.04 Å². The van der Waals surface area contributed by atoms with Crippen molar-refractivity contribution < 1.29 is 14.4 Å². The molecule has 1 atom stereocenters. The van der Waals surface area contributed by atoms with Crippen LogP contribution in [0.5, 0.6) is 0 Å². The Morgan fingerprint density at radius 1 is 1.24 bits per heavy atom. The first-order valence-electron chi connectivity index (χ1n) is 5.72. The predicted octanol–water partition coefficient (Wildman–Crippen LogP) is -2.58. The lowest BCUT2D eigenvalue weighted by molar-refractivity contribution is -0.138. The highest BCUT2D eigenvalue weighted by Gasteiger charge is 2.29. The van der Waals surface area contributed by atoms with Crippen LogP contribution >= 0.6 is 0 Å². The maximum absolute atomic E-state index is 12.1. The molecule has 0 bridgehead atoms. The summed E-state index contributed by atoms with van der Waals surface area (Å²) in [7, 11) is 0. The van der Waals surface area contributed by atoms with Crippen LogP contribution in [0.2, 0.25) is 0 Å². The summed E-state index contributed by atoms with van der Waals surface area (Å²) in [5.41, 5.74) is 0. The van der Waals surface area contributed by atoms with Gasteiger partial charge in [-0.25, -0.2) is 0 Å². The number of amides is 3. The molecule has 2 saturated heterocycles. The molecule has 7 nitrogen and oxygen atoms in total. The van der Waals surface area contributed by atoms with Crippen LogP contribution < -0.4 is 16.0 Å². The van der Waals surface area contributed by atoms with Crippen molar-refractivity contribution in [2.45, 2.75) is 12.5 Å². The van der Waals surface area contributed by atoms with E-state index in [-0.39, 0.29) is 37.4 Å². The van der Waals surface area contributed by atoms with Crippen LogP contribution in [0.3, 0.4) is 0 Å². The first kappa shape index (κ1) is 11.8. The molecule has 17 heavy (non-hydrogen) atoms. The highest BCUT2D eigenvalue weighted by Crippen LogP contribution is 2.01. The smallest absolute Gasteiger partial charge is 0.242 e. The quantitative estimate of drug-likeness (QED) is 0.469. The number of nitrogens with zero attached hydrogens (tertiary/aromatic N) is 1. The van der Waals surface area contributed by atoms with Gasteiger partial charge in [0.05, 0.1) is 13.1 Å². The van der Waals surface area contributed by atoms with E-state index in [4.69, 9.17) is 0 Å². The Labute approximate surface area is 98.9 Å². The highest BCUT2D eigenvalue weighted by atomic mass is 16.2. The molecule has 7 heteroatoms. The van der Waals surface area contributed by atoms with Gasteiger partial charge in [-0.15, -0.1) is 0 Å². The maximum Gasteiger partial charge on any atom is 0.242 e. The maximum atomic E-state index is 12.1. The summed E-state index contributed by atoms with van der Waals surface area (Å²) in [5, 5.41) is 8.21. The van der Waals surface area contributed by atoms with Crippen LogP contribution in [0.1, 0.15) is 6.42 Å². The Bertz CT molecular complexity index is 334. The fourth-order valence-corrected chi connectivity index (χ4v) is 1.96. The molecule has 2 aliphatic heterocycles. The molecule has 0 spiro atoms. The SMILES string of the molecule is O=C1CNC(C(=O)N2CCCNC(=O)C2)CN1. The minimum Gasteiger partial charge on any atom is -0.354 e. The second-order valence-electron chi connectivity index (χ2n) is 4.20. The Kier molecular flexibility index (Phi) is 3.58. The molecule has 0 aromatic carbocycles. The average molecular weight is 240 g/mol. The number of piperazine rings is 1. The number of hydrogen-bond acceptors (Lipinski definition) is 4. The zero-order valence-corrected chi connectivity index (χ0v) is 9.49. The first-order chi connectivity index (χ1) is 8.16. The van der Waals surface area contributed by atoms with E-state index >= 15 is 0 Å².